The fraction of sp³-hybridized carbons (Fsp3) is 0.714. The molecule has 1 aromatic heterocycles. The quantitative estimate of drug-likeness (QED) is 0.759. The Morgan fingerprint density at radius 2 is 2.42 bits per heavy atom. The van der Waals surface area contributed by atoms with Crippen LogP contribution < -0.4 is 10.6 Å². The van der Waals surface area contributed by atoms with Crippen LogP contribution in [0.4, 0.5) is 0 Å². The Morgan fingerprint density at radius 1 is 1.58 bits per heavy atom. The Hall–Kier alpha value is -1.36. The number of rotatable bonds is 5. The van der Waals surface area contributed by atoms with E-state index < -0.39 is 0 Å². The number of aromatic nitrogens is 2. The molecule has 106 valence electrons. The molecule has 2 atom stereocenters. The maximum atomic E-state index is 12.6. The van der Waals surface area contributed by atoms with E-state index in [1.807, 2.05) is 0 Å². The summed E-state index contributed by atoms with van der Waals surface area (Å²) in [6.45, 7) is 5.96. The molecule has 0 aromatic carbocycles. The van der Waals surface area contributed by atoms with Crippen LogP contribution in [0, 0.1) is 5.41 Å². The van der Waals surface area contributed by atoms with Crippen molar-refractivity contribution in [3.05, 3.63) is 18.2 Å². The molecule has 1 saturated heterocycles. The Kier molecular flexibility index (Phi) is 4.58. The van der Waals surface area contributed by atoms with E-state index in [-0.39, 0.29) is 17.4 Å². The average Bonchev–Trinajstić information content (AvgIpc) is 2.99. The second kappa shape index (κ2) is 6.19. The third-order valence-corrected chi connectivity index (χ3v) is 4.19. The summed E-state index contributed by atoms with van der Waals surface area (Å²) < 4.78 is 0. The van der Waals surface area contributed by atoms with Crippen molar-refractivity contribution in [3.63, 3.8) is 0 Å². The van der Waals surface area contributed by atoms with Gasteiger partial charge in [0.25, 0.3) is 0 Å². The number of piperidine rings is 1. The number of hydrogen-bond acceptors (Lipinski definition) is 3. The van der Waals surface area contributed by atoms with Crippen molar-refractivity contribution in [1.82, 2.24) is 20.6 Å². The van der Waals surface area contributed by atoms with E-state index in [1.165, 1.54) is 0 Å². The molecule has 1 aromatic rings. The molecule has 2 rings (SSSR count). The molecule has 5 nitrogen and oxygen atoms in total. The average molecular weight is 264 g/mol. The van der Waals surface area contributed by atoms with Crippen molar-refractivity contribution < 1.29 is 4.79 Å². The maximum absolute atomic E-state index is 12.6. The smallest absolute Gasteiger partial charge is 0.228 e. The molecule has 0 spiro atoms. The molecule has 5 heteroatoms. The minimum atomic E-state index is -0.252. The van der Waals surface area contributed by atoms with E-state index in [4.69, 9.17) is 0 Å². The lowest BCUT2D eigenvalue weighted by Crippen LogP contribution is -2.50. The molecule has 0 saturated carbocycles. The Balaban J connectivity index is 2.06. The zero-order chi connectivity index (χ0) is 13.7. The predicted octanol–water partition coefficient (Wildman–Crippen LogP) is 1.76. The molecule has 2 heterocycles. The summed E-state index contributed by atoms with van der Waals surface area (Å²) in [5, 5.41) is 6.51. The molecule has 1 aliphatic heterocycles. The van der Waals surface area contributed by atoms with Crippen LogP contribution >= 0.6 is 0 Å². The van der Waals surface area contributed by atoms with Crippen molar-refractivity contribution in [3.8, 4) is 0 Å². The number of nitrogens with zero attached hydrogens (tertiary/aromatic N) is 1. The molecule has 1 amide bonds. The van der Waals surface area contributed by atoms with Gasteiger partial charge in [-0.25, -0.2) is 4.98 Å². The summed E-state index contributed by atoms with van der Waals surface area (Å²) >= 11 is 0. The van der Waals surface area contributed by atoms with Gasteiger partial charge < -0.3 is 15.6 Å². The molecular formula is C14H24N4O. The van der Waals surface area contributed by atoms with Gasteiger partial charge in [0.1, 0.15) is 5.82 Å². The Morgan fingerprint density at radius 3 is 2.95 bits per heavy atom. The maximum Gasteiger partial charge on any atom is 0.228 e. The highest BCUT2D eigenvalue weighted by molar-refractivity contribution is 5.83. The van der Waals surface area contributed by atoms with E-state index in [0.29, 0.717) is 0 Å². The zero-order valence-electron chi connectivity index (χ0n) is 11.8. The molecule has 2 unspecified atom stereocenters. The number of nitrogens with one attached hydrogen (secondary N) is 3. The first-order valence-electron chi connectivity index (χ1n) is 7.23. The van der Waals surface area contributed by atoms with Gasteiger partial charge in [-0.1, -0.05) is 13.8 Å². The molecule has 19 heavy (non-hydrogen) atoms. The van der Waals surface area contributed by atoms with Gasteiger partial charge >= 0.3 is 0 Å². The molecular weight excluding hydrogens is 240 g/mol. The molecule has 1 fully saturated rings. The Labute approximate surface area is 114 Å². The third kappa shape index (κ3) is 2.97. The first-order chi connectivity index (χ1) is 9.22. The van der Waals surface area contributed by atoms with E-state index in [0.717, 1.165) is 44.6 Å². The van der Waals surface area contributed by atoms with Crippen molar-refractivity contribution in [1.29, 1.82) is 0 Å². The second-order valence-corrected chi connectivity index (χ2v) is 5.32. The number of carbonyl (C=O) groups excluding carboxylic acids is 1. The van der Waals surface area contributed by atoms with Crippen molar-refractivity contribution in [2.45, 2.75) is 45.6 Å². The van der Waals surface area contributed by atoms with Crippen LogP contribution in [0.2, 0.25) is 0 Å². The highest BCUT2D eigenvalue weighted by Gasteiger charge is 2.38. The van der Waals surface area contributed by atoms with Gasteiger partial charge in [-0.15, -0.1) is 0 Å². The van der Waals surface area contributed by atoms with E-state index >= 15 is 0 Å². The van der Waals surface area contributed by atoms with E-state index in [2.05, 4.69) is 34.4 Å². The van der Waals surface area contributed by atoms with Crippen LogP contribution in [-0.2, 0) is 4.79 Å². The molecule has 0 aliphatic carbocycles. The number of aromatic amines is 1. The van der Waals surface area contributed by atoms with Crippen LogP contribution in [0.25, 0.3) is 0 Å². The normalized spacial score (nSPS) is 24.9. The summed E-state index contributed by atoms with van der Waals surface area (Å²) in [6, 6.07) is -0.0205. The summed E-state index contributed by atoms with van der Waals surface area (Å²) in [4.78, 5) is 20.0. The van der Waals surface area contributed by atoms with Crippen molar-refractivity contribution in [2.75, 3.05) is 13.1 Å². The van der Waals surface area contributed by atoms with Crippen LogP contribution in [-0.4, -0.2) is 29.0 Å². The van der Waals surface area contributed by atoms with Gasteiger partial charge in [-0.2, -0.15) is 0 Å². The van der Waals surface area contributed by atoms with Gasteiger partial charge in [-0.3, -0.25) is 4.79 Å². The first-order valence-corrected chi connectivity index (χ1v) is 7.23. The fourth-order valence-corrected chi connectivity index (χ4v) is 2.77. The van der Waals surface area contributed by atoms with Crippen molar-refractivity contribution >= 4 is 5.91 Å². The van der Waals surface area contributed by atoms with Crippen LogP contribution in [0.15, 0.2) is 12.4 Å². The number of carbonyl (C=O) groups is 1. The number of imidazole rings is 1. The van der Waals surface area contributed by atoms with Gasteiger partial charge in [0.2, 0.25) is 5.91 Å². The minimum absolute atomic E-state index is 0.0205. The zero-order valence-corrected chi connectivity index (χ0v) is 11.8. The van der Waals surface area contributed by atoms with Crippen LogP contribution in [0.5, 0.6) is 0 Å². The topological polar surface area (TPSA) is 69.8 Å². The predicted molar refractivity (Wildman–Crippen MR) is 74.6 cm³/mol. The van der Waals surface area contributed by atoms with Gasteiger partial charge in [0.05, 0.1) is 11.5 Å². The summed E-state index contributed by atoms with van der Waals surface area (Å²) in [5.41, 5.74) is -0.252. The highest BCUT2D eigenvalue weighted by atomic mass is 16.2. The van der Waals surface area contributed by atoms with Gasteiger partial charge in [0, 0.05) is 18.9 Å². The summed E-state index contributed by atoms with van der Waals surface area (Å²) in [6.07, 6.45) is 7.27. The molecule has 1 aliphatic rings. The Bertz CT molecular complexity index is 396. The van der Waals surface area contributed by atoms with Gasteiger partial charge in [-0.05, 0) is 32.2 Å². The minimum Gasteiger partial charge on any atom is -0.347 e. The molecule has 3 N–H and O–H groups in total. The second-order valence-electron chi connectivity index (χ2n) is 5.32. The summed E-state index contributed by atoms with van der Waals surface area (Å²) in [7, 11) is 0. The van der Waals surface area contributed by atoms with Crippen LogP contribution in [0.3, 0.4) is 0 Å². The number of H-pyrrole nitrogens is 1. The SMILES string of the molecule is CCC(NC(=O)C1(CC)CCCNC1)c1ncc[nH]1. The summed E-state index contributed by atoms with van der Waals surface area (Å²) in [5.74, 6) is 0.997. The lowest BCUT2D eigenvalue weighted by Gasteiger charge is -2.36. The third-order valence-electron chi connectivity index (χ3n) is 4.19. The fourth-order valence-electron chi connectivity index (χ4n) is 2.77. The van der Waals surface area contributed by atoms with Gasteiger partial charge in [0.15, 0.2) is 0 Å². The van der Waals surface area contributed by atoms with E-state index in [1.54, 1.807) is 12.4 Å². The number of amides is 1. The highest BCUT2D eigenvalue weighted by Crippen LogP contribution is 2.31. The van der Waals surface area contributed by atoms with Crippen LogP contribution in [0.1, 0.15) is 51.4 Å². The lowest BCUT2D eigenvalue weighted by atomic mass is 9.77. The lowest BCUT2D eigenvalue weighted by molar-refractivity contribution is -0.133. The molecule has 0 bridgehead atoms. The monoisotopic (exact) mass is 264 g/mol. The number of hydrogen-bond donors (Lipinski definition) is 3. The van der Waals surface area contributed by atoms with Crippen molar-refractivity contribution in [2.24, 2.45) is 5.41 Å². The first kappa shape index (κ1) is 14.1. The molecule has 0 radical (unpaired) electrons. The standard InChI is InChI=1S/C14H24N4O/c1-3-11(12-16-8-9-17-12)18-13(19)14(4-2)6-5-7-15-10-14/h8-9,11,15H,3-7,10H2,1-2H3,(H,16,17)(H,18,19). The van der Waals surface area contributed by atoms with E-state index in [9.17, 15) is 4.79 Å². The largest absolute Gasteiger partial charge is 0.347 e.